The first-order chi connectivity index (χ1) is 7.15. The van der Waals surface area contributed by atoms with Crippen molar-refractivity contribution in [3.05, 3.63) is 0 Å². The molecule has 1 saturated heterocycles. The molecule has 1 aliphatic heterocycles. The van der Waals surface area contributed by atoms with Crippen LogP contribution in [-0.2, 0) is 0 Å². The van der Waals surface area contributed by atoms with E-state index in [1.807, 2.05) is 0 Å². The van der Waals surface area contributed by atoms with E-state index in [4.69, 9.17) is 0 Å². The second kappa shape index (κ2) is 7.24. The molecular weight excluding hydrogens is 218 g/mol. The number of unbranched alkanes of at least 4 members (excludes halogenated alkanes) is 1. The molecule has 0 aliphatic carbocycles. The Hall–Kier alpha value is 0.860. The summed E-state index contributed by atoms with van der Waals surface area (Å²) in [5, 5.41) is 0. The van der Waals surface area contributed by atoms with Crippen LogP contribution in [0.25, 0.3) is 0 Å². The van der Waals surface area contributed by atoms with Crippen LogP contribution in [0.15, 0.2) is 0 Å². The van der Waals surface area contributed by atoms with Crippen LogP contribution in [0, 0.1) is 0 Å². The van der Waals surface area contributed by atoms with Gasteiger partial charge in [0.1, 0.15) is 0 Å². The Bertz CT molecular complexity index is 160. The maximum absolute atomic E-state index is 2.50. The second-order valence-electron chi connectivity index (χ2n) is 5.20. The van der Waals surface area contributed by atoms with Gasteiger partial charge in [-0.1, -0.05) is 48.5 Å². The van der Waals surface area contributed by atoms with E-state index in [-0.39, 0.29) is 0 Å². The van der Waals surface area contributed by atoms with Crippen molar-refractivity contribution in [3.63, 3.8) is 0 Å². The van der Waals surface area contributed by atoms with Gasteiger partial charge in [0.05, 0.1) is 0 Å². The summed E-state index contributed by atoms with van der Waals surface area (Å²) < 4.78 is 0. The highest BCUT2D eigenvalue weighted by Crippen LogP contribution is 2.58. The lowest BCUT2D eigenvalue weighted by Gasteiger charge is -2.22. The fraction of sp³-hybridized carbons (Fsp3) is 1.00. The Balaban J connectivity index is 2.18. The van der Waals surface area contributed by atoms with E-state index >= 15 is 0 Å². The molecule has 0 bridgehead atoms. The van der Waals surface area contributed by atoms with E-state index in [2.05, 4.69) is 27.7 Å². The summed E-state index contributed by atoms with van der Waals surface area (Å²) in [6.07, 6.45) is 7.32. The summed E-state index contributed by atoms with van der Waals surface area (Å²) in [5.74, 6) is 1.59. The van der Waals surface area contributed by atoms with Gasteiger partial charge in [0, 0.05) is 0 Å². The standard InChI is InChI=1S/C13H28P2/c1-5-6-7-11(2)14-10-15-12(3)8-9-13(15)4/h11-14H,5-10H2,1-4H3/t11-,12-,13-/m0/s1. The zero-order valence-corrected chi connectivity index (χ0v) is 12.8. The van der Waals surface area contributed by atoms with Crippen LogP contribution in [0.1, 0.15) is 59.8 Å². The third kappa shape index (κ3) is 4.70. The van der Waals surface area contributed by atoms with Crippen molar-refractivity contribution in [2.45, 2.75) is 76.8 Å². The first-order valence-corrected chi connectivity index (χ1v) is 9.59. The van der Waals surface area contributed by atoms with Gasteiger partial charge in [0.25, 0.3) is 0 Å². The summed E-state index contributed by atoms with van der Waals surface area (Å²) in [6, 6.07) is 0. The molecule has 1 rings (SSSR count). The van der Waals surface area contributed by atoms with Crippen LogP contribution in [-0.4, -0.2) is 22.9 Å². The normalized spacial score (nSPS) is 30.4. The number of rotatable bonds is 6. The molecule has 0 aromatic rings. The molecule has 1 unspecified atom stereocenters. The molecule has 1 heterocycles. The molecule has 0 N–H and O–H groups in total. The minimum Gasteiger partial charge on any atom is -0.115 e. The van der Waals surface area contributed by atoms with Gasteiger partial charge in [0.15, 0.2) is 0 Å². The molecule has 0 radical (unpaired) electrons. The molecule has 0 aromatic heterocycles. The molecule has 4 atom stereocenters. The predicted molar refractivity (Wildman–Crippen MR) is 77.2 cm³/mol. The fourth-order valence-corrected chi connectivity index (χ4v) is 9.26. The van der Waals surface area contributed by atoms with Crippen LogP contribution in [0.3, 0.4) is 0 Å². The van der Waals surface area contributed by atoms with E-state index in [0.717, 1.165) is 17.0 Å². The summed E-state index contributed by atoms with van der Waals surface area (Å²) in [4.78, 5) is 0. The molecule has 0 spiro atoms. The Morgan fingerprint density at radius 2 is 1.87 bits per heavy atom. The average molecular weight is 246 g/mol. The quantitative estimate of drug-likeness (QED) is 0.561. The molecule has 1 fully saturated rings. The van der Waals surface area contributed by atoms with Crippen molar-refractivity contribution < 1.29 is 0 Å². The average Bonchev–Trinajstić information content (AvgIpc) is 2.53. The summed E-state index contributed by atoms with van der Waals surface area (Å²) in [6.45, 7) is 9.77. The van der Waals surface area contributed by atoms with Crippen molar-refractivity contribution in [1.29, 1.82) is 0 Å². The van der Waals surface area contributed by atoms with E-state index in [0.29, 0.717) is 7.92 Å². The molecule has 0 aromatic carbocycles. The summed E-state index contributed by atoms with van der Waals surface area (Å²) in [7, 11) is 1.65. The van der Waals surface area contributed by atoms with Gasteiger partial charge >= 0.3 is 0 Å². The van der Waals surface area contributed by atoms with E-state index in [9.17, 15) is 0 Å². The lowest BCUT2D eigenvalue weighted by atomic mass is 10.2. The summed E-state index contributed by atoms with van der Waals surface area (Å²) in [5.41, 5.74) is 3.15. The monoisotopic (exact) mass is 246 g/mol. The van der Waals surface area contributed by atoms with Crippen LogP contribution < -0.4 is 0 Å². The predicted octanol–water partition coefficient (Wildman–Crippen LogP) is 5.25. The van der Waals surface area contributed by atoms with Crippen LogP contribution in [0.4, 0.5) is 0 Å². The van der Waals surface area contributed by atoms with Gasteiger partial charge in [-0.25, -0.2) is 0 Å². The smallest absolute Gasteiger partial charge is 0.0141 e. The molecule has 2 heteroatoms. The van der Waals surface area contributed by atoms with Crippen molar-refractivity contribution in [1.82, 2.24) is 0 Å². The fourth-order valence-electron chi connectivity index (χ4n) is 2.43. The van der Waals surface area contributed by atoms with Gasteiger partial charge in [-0.05, 0) is 42.1 Å². The maximum Gasteiger partial charge on any atom is -0.0141 e. The molecule has 90 valence electrons. The van der Waals surface area contributed by atoms with Crippen LogP contribution in [0.5, 0.6) is 0 Å². The van der Waals surface area contributed by atoms with E-state index in [1.54, 1.807) is 5.90 Å². The highest BCUT2D eigenvalue weighted by molar-refractivity contribution is 7.69. The topological polar surface area (TPSA) is 0 Å². The van der Waals surface area contributed by atoms with Gasteiger partial charge < -0.3 is 0 Å². The number of hydrogen-bond acceptors (Lipinski definition) is 0. The van der Waals surface area contributed by atoms with E-state index < -0.39 is 0 Å². The molecule has 0 saturated carbocycles. The highest BCUT2D eigenvalue weighted by atomic mass is 31.2. The second-order valence-corrected chi connectivity index (χ2v) is 10.6. The molecular formula is C13H28P2. The number of hydrogen-bond donors (Lipinski definition) is 0. The third-order valence-corrected chi connectivity index (χ3v) is 9.71. The Labute approximate surface area is 99.5 Å². The minimum absolute atomic E-state index is 0.397. The first-order valence-electron chi connectivity index (χ1n) is 6.64. The van der Waals surface area contributed by atoms with Crippen molar-refractivity contribution in [3.8, 4) is 0 Å². The Kier molecular flexibility index (Phi) is 6.72. The SMILES string of the molecule is CCCC[C@H](C)PCP1[C@@H](C)CC[C@@H]1C. The van der Waals surface area contributed by atoms with Gasteiger partial charge in [-0.2, -0.15) is 0 Å². The van der Waals surface area contributed by atoms with E-state index in [1.165, 1.54) is 40.7 Å². The molecule has 15 heavy (non-hydrogen) atoms. The maximum atomic E-state index is 2.50. The van der Waals surface area contributed by atoms with Crippen LogP contribution in [0.2, 0.25) is 0 Å². The Morgan fingerprint density at radius 3 is 2.40 bits per heavy atom. The molecule has 1 aliphatic rings. The van der Waals surface area contributed by atoms with Gasteiger partial charge in [0.2, 0.25) is 0 Å². The zero-order chi connectivity index (χ0) is 11.3. The largest absolute Gasteiger partial charge is 0.115 e. The van der Waals surface area contributed by atoms with Crippen molar-refractivity contribution in [2.24, 2.45) is 0 Å². The van der Waals surface area contributed by atoms with Gasteiger partial charge in [-0.15, -0.1) is 8.58 Å². The zero-order valence-electron chi connectivity index (χ0n) is 10.9. The first kappa shape index (κ1) is 13.9. The lowest BCUT2D eigenvalue weighted by molar-refractivity contribution is 0.711. The lowest BCUT2D eigenvalue weighted by Crippen LogP contribution is -2.01. The minimum atomic E-state index is 0.397. The molecule has 0 nitrogen and oxygen atoms in total. The van der Waals surface area contributed by atoms with Crippen molar-refractivity contribution >= 4 is 16.5 Å². The third-order valence-electron chi connectivity index (χ3n) is 3.75. The highest BCUT2D eigenvalue weighted by Gasteiger charge is 2.29. The summed E-state index contributed by atoms with van der Waals surface area (Å²) >= 11 is 0. The van der Waals surface area contributed by atoms with Crippen LogP contribution >= 0.6 is 16.5 Å². The Morgan fingerprint density at radius 1 is 1.27 bits per heavy atom. The van der Waals surface area contributed by atoms with Gasteiger partial charge in [-0.3, -0.25) is 0 Å². The molecule has 0 amide bonds. The van der Waals surface area contributed by atoms with Crippen molar-refractivity contribution in [2.75, 3.05) is 5.90 Å².